The van der Waals surface area contributed by atoms with Crippen molar-refractivity contribution < 1.29 is 23.8 Å². The number of amides is 2. The van der Waals surface area contributed by atoms with E-state index in [2.05, 4.69) is 5.32 Å². The third-order valence-electron chi connectivity index (χ3n) is 4.70. The molecule has 0 bridgehead atoms. The van der Waals surface area contributed by atoms with Gasteiger partial charge in [0.2, 0.25) is 0 Å². The summed E-state index contributed by atoms with van der Waals surface area (Å²) in [5.74, 6) is -0.0820. The van der Waals surface area contributed by atoms with Gasteiger partial charge in [-0.2, -0.15) is 0 Å². The molecule has 1 fully saturated rings. The van der Waals surface area contributed by atoms with E-state index in [4.69, 9.17) is 14.2 Å². The van der Waals surface area contributed by atoms with Gasteiger partial charge in [-0.05, 0) is 52.2 Å². The quantitative estimate of drug-likeness (QED) is 0.634. The van der Waals surface area contributed by atoms with E-state index < -0.39 is 5.60 Å². The summed E-state index contributed by atoms with van der Waals surface area (Å²) in [6.45, 7) is 9.15. The Labute approximate surface area is 173 Å². The number of nitrogens with one attached hydrogen (secondary N) is 1. The summed E-state index contributed by atoms with van der Waals surface area (Å²) < 4.78 is 17.8. The Morgan fingerprint density at radius 2 is 1.90 bits per heavy atom. The normalized spacial score (nSPS) is 15.4. The second-order valence-electron chi connectivity index (χ2n) is 8.21. The molecule has 1 saturated heterocycles. The predicted octanol–water partition coefficient (Wildman–Crippen LogP) is 2.84. The van der Waals surface area contributed by atoms with E-state index in [1.807, 2.05) is 43.7 Å². The van der Waals surface area contributed by atoms with Gasteiger partial charge in [0.25, 0.3) is 5.91 Å². The van der Waals surface area contributed by atoms with Crippen LogP contribution in [0.1, 0.15) is 56.6 Å². The van der Waals surface area contributed by atoms with Gasteiger partial charge in [0, 0.05) is 45.6 Å². The van der Waals surface area contributed by atoms with Crippen molar-refractivity contribution in [2.24, 2.45) is 0 Å². The van der Waals surface area contributed by atoms with Gasteiger partial charge >= 0.3 is 6.09 Å². The smallest absolute Gasteiger partial charge is 0.410 e. The maximum absolute atomic E-state index is 12.6. The van der Waals surface area contributed by atoms with Crippen molar-refractivity contribution in [3.63, 3.8) is 0 Å². The van der Waals surface area contributed by atoms with Crippen LogP contribution >= 0.6 is 0 Å². The van der Waals surface area contributed by atoms with E-state index in [0.29, 0.717) is 45.1 Å². The van der Waals surface area contributed by atoms with Crippen LogP contribution in [0, 0.1) is 0 Å². The summed E-state index contributed by atoms with van der Waals surface area (Å²) in [5, 5.41) is 2.95. The van der Waals surface area contributed by atoms with Crippen LogP contribution in [0.5, 0.6) is 0 Å². The number of carbonyl (C=O) groups is 2. The average Bonchev–Trinajstić information content (AvgIpc) is 3.16. The molecule has 0 atom stereocenters. The number of methoxy groups -OCH3 is 1. The van der Waals surface area contributed by atoms with Crippen LogP contribution in [0.4, 0.5) is 4.79 Å². The highest BCUT2D eigenvalue weighted by atomic mass is 16.6. The minimum absolute atomic E-state index is 0.0820. The number of piperidine rings is 1. The second-order valence-corrected chi connectivity index (χ2v) is 8.21. The van der Waals surface area contributed by atoms with Crippen LogP contribution in [0.2, 0.25) is 0 Å². The molecule has 1 aromatic heterocycles. The van der Waals surface area contributed by atoms with E-state index >= 15 is 0 Å². The fourth-order valence-electron chi connectivity index (χ4n) is 3.27. The molecule has 1 aliphatic rings. The van der Waals surface area contributed by atoms with Gasteiger partial charge in [-0.1, -0.05) is 0 Å². The molecule has 0 aliphatic carbocycles. The molecule has 164 valence electrons. The van der Waals surface area contributed by atoms with Crippen molar-refractivity contribution >= 4 is 12.0 Å². The minimum Gasteiger partial charge on any atom is -0.444 e. The Kier molecular flexibility index (Phi) is 8.98. The zero-order valence-corrected chi connectivity index (χ0v) is 18.1. The van der Waals surface area contributed by atoms with Gasteiger partial charge in [-0.25, -0.2) is 4.79 Å². The molecule has 8 heteroatoms. The summed E-state index contributed by atoms with van der Waals surface area (Å²) in [7, 11) is 1.64. The molecule has 29 heavy (non-hydrogen) atoms. The number of nitrogens with zero attached hydrogens (tertiary/aromatic N) is 2. The zero-order chi connectivity index (χ0) is 21.3. The largest absolute Gasteiger partial charge is 0.444 e. The molecule has 2 amide bonds. The van der Waals surface area contributed by atoms with Crippen molar-refractivity contribution in [1.29, 1.82) is 0 Å². The highest BCUT2D eigenvalue weighted by Crippen LogP contribution is 2.25. The fraction of sp³-hybridized carbons (Fsp3) is 0.714. The number of rotatable bonds is 9. The fourth-order valence-corrected chi connectivity index (χ4v) is 3.27. The first-order valence-corrected chi connectivity index (χ1v) is 10.3. The predicted molar refractivity (Wildman–Crippen MR) is 110 cm³/mol. The standard InChI is InChI=1S/C21H35N3O5/c1-21(2,3)29-20(26)23-12-8-17(9-13-23)24-11-5-7-18(24)19(25)22-10-6-14-28-16-15-27-4/h5,7,11,17H,6,8-10,12-16H2,1-4H3,(H,22,25). The van der Waals surface area contributed by atoms with Crippen LogP contribution in [-0.2, 0) is 14.2 Å². The third-order valence-corrected chi connectivity index (χ3v) is 4.70. The monoisotopic (exact) mass is 409 g/mol. The molecular weight excluding hydrogens is 374 g/mol. The maximum Gasteiger partial charge on any atom is 0.410 e. The lowest BCUT2D eigenvalue weighted by Crippen LogP contribution is -2.42. The topological polar surface area (TPSA) is 82.0 Å². The van der Waals surface area contributed by atoms with Crippen LogP contribution in [0.3, 0.4) is 0 Å². The van der Waals surface area contributed by atoms with Gasteiger partial charge in [0.05, 0.1) is 13.2 Å². The Bertz CT molecular complexity index is 645. The first-order chi connectivity index (χ1) is 13.8. The van der Waals surface area contributed by atoms with E-state index in [0.717, 1.165) is 19.3 Å². The van der Waals surface area contributed by atoms with Crippen LogP contribution < -0.4 is 5.32 Å². The molecule has 0 aromatic carbocycles. The van der Waals surface area contributed by atoms with Crippen molar-refractivity contribution in [1.82, 2.24) is 14.8 Å². The average molecular weight is 410 g/mol. The van der Waals surface area contributed by atoms with E-state index in [-0.39, 0.29) is 18.0 Å². The molecule has 2 heterocycles. The Morgan fingerprint density at radius 3 is 2.55 bits per heavy atom. The summed E-state index contributed by atoms with van der Waals surface area (Å²) in [6, 6.07) is 3.93. The van der Waals surface area contributed by atoms with E-state index in [1.54, 1.807) is 12.0 Å². The first kappa shape index (κ1) is 23.2. The number of carbonyl (C=O) groups excluding carboxylic acids is 2. The molecule has 1 aromatic rings. The van der Waals surface area contributed by atoms with Crippen LogP contribution in [0.25, 0.3) is 0 Å². The SMILES string of the molecule is COCCOCCCNC(=O)c1cccn1C1CCN(C(=O)OC(C)(C)C)CC1. The maximum atomic E-state index is 12.6. The van der Waals surface area contributed by atoms with Crippen LogP contribution in [0.15, 0.2) is 18.3 Å². The molecule has 0 spiro atoms. The van der Waals surface area contributed by atoms with Crippen molar-refractivity contribution in [2.45, 2.75) is 51.7 Å². The highest BCUT2D eigenvalue weighted by Gasteiger charge is 2.28. The molecule has 0 saturated carbocycles. The highest BCUT2D eigenvalue weighted by molar-refractivity contribution is 5.92. The number of hydrogen-bond donors (Lipinski definition) is 1. The van der Waals surface area contributed by atoms with Crippen molar-refractivity contribution in [2.75, 3.05) is 46.6 Å². The van der Waals surface area contributed by atoms with Crippen LogP contribution in [-0.4, -0.2) is 73.6 Å². The molecular formula is C21H35N3O5. The van der Waals surface area contributed by atoms with Gasteiger partial charge in [-0.15, -0.1) is 0 Å². The Morgan fingerprint density at radius 1 is 1.17 bits per heavy atom. The molecule has 2 rings (SSSR count). The lowest BCUT2D eigenvalue weighted by Gasteiger charge is -2.34. The number of likely N-dealkylation sites (tertiary alicyclic amines) is 1. The van der Waals surface area contributed by atoms with E-state index in [9.17, 15) is 9.59 Å². The molecule has 1 N–H and O–H groups in total. The molecule has 0 radical (unpaired) electrons. The van der Waals surface area contributed by atoms with Gasteiger partial charge < -0.3 is 29.0 Å². The lowest BCUT2D eigenvalue weighted by molar-refractivity contribution is 0.0187. The Balaban J connectivity index is 1.78. The van der Waals surface area contributed by atoms with Gasteiger partial charge in [-0.3, -0.25) is 4.79 Å². The zero-order valence-electron chi connectivity index (χ0n) is 18.1. The van der Waals surface area contributed by atoms with Crippen molar-refractivity contribution in [3.05, 3.63) is 24.0 Å². The Hall–Kier alpha value is -2.06. The summed E-state index contributed by atoms with van der Waals surface area (Å²) in [4.78, 5) is 26.5. The summed E-state index contributed by atoms with van der Waals surface area (Å²) in [5.41, 5.74) is 0.162. The summed E-state index contributed by atoms with van der Waals surface area (Å²) >= 11 is 0. The molecule has 0 unspecified atom stereocenters. The van der Waals surface area contributed by atoms with Crippen molar-refractivity contribution in [3.8, 4) is 0 Å². The minimum atomic E-state index is -0.492. The lowest BCUT2D eigenvalue weighted by atomic mass is 10.0. The van der Waals surface area contributed by atoms with Gasteiger partial charge in [0.1, 0.15) is 11.3 Å². The molecule has 1 aliphatic heterocycles. The summed E-state index contributed by atoms with van der Waals surface area (Å²) in [6.07, 6.45) is 4.01. The number of ether oxygens (including phenoxy) is 3. The number of hydrogen-bond acceptors (Lipinski definition) is 5. The van der Waals surface area contributed by atoms with Gasteiger partial charge in [0.15, 0.2) is 0 Å². The molecule has 8 nitrogen and oxygen atoms in total. The second kappa shape index (κ2) is 11.2. The third kappa shape index (κ3) is 7.70. The first-order valence-electron chi connectivity index (χ1n) is 10.3. The van der Waals surface area contributed by atoms with E-state index in [1.165, 1.54) is 0 Å². The number of aromatic nitrogens is 1.